The van der Waals surface area contributed by atoms with Gasteiger partial charge in [0.2, 0.25) is 0 Å². The fraction of sp³-hybridized carbons (Fsp3) is 0.353. The van der Waals surface area contributed by atoms with Crippen LogP contribution in [0.15, 0.2) is 42.6 Å². The molecule has 1 aromatic heterocycles. The van der Waals surface area contributed by atoms with Crippen molar-refractivity contribution in [2.24, 2.45) is 0 Å². The minimum absolute atomic E-state index is 0.399. The van der Waals surface area contributed by atoms with Crippen molar-refractivity contribution in [3.63, 3.8) is 0 Å². The normalized spacial score (nSPS) is 12.4. The molecule has 2 rings (SSSR count). The van der Waals surface area contributed by atoms with E-state index in [-0.39, 0.29) is 0 Å². The predicted molar refractivity (Wildman–Crippen MR) is 80.3 cm³/mol. The molecule has 0 saturated heterocycles. The molecule has 0 saturated carbocycles. The molecule has 1 unspecified atom stereocenters. The summed E-state index contributed by atoms with van der Waals surface area (Å²) in [4.78, 5) is 4.51. The molecule has 0 aliphatic carbocycles. The van der Waals surface area contributed by atoms with Crippen LogP contribution in [0.4, 0.5) is 0 Å². The van der Waals surface area contributed by atoms with E-state index in [4.69, 9.17) is 0 Å². The van der Waals surface area contributed by atoms with Crippen LogP contribution >= 0.6 is 0 Å². The molecule has 2 aromatic rings. The maximum absolute atomic E-state index is 4.51. The summed E-state index contributed by atoms with van der Waals surface area (Å²) in [6.45, 7) is 4.32. The Morgan fingerprint density at radius 2 is 1.74 bits per heavy atom. The van der Waals surface area contributed by atoms with Crippen molar-refractivity contribution in [3.8, 4) is 0 Å². The van der Waals surface area contributed by atoms with Crippen molar-refractivity contribution in [1.82, 2.24) is 10.3 Å². The third kappa shape index (κ3) is 3.65. The largest absolute Gasteiger partial charge is 0.313 e. The zero-order chi connectivity index (χ0) is 13.7. The van der Waals surface area contributed by atoms with E-state index in [1.807, 2.05) is 13.2 Å². The van der Waals surface area contributed by atoms with Gasteiger partial charge in [-0.15, -0.1) is 0 Å². The highest BCUT2D eigenvalue weighted by atomic mass is 14.8. The highest BCUT2D eigenvalue weighted by molar-refractivity contribution is 5.28. The van der Waals surface area contributed by atoms with E-state index in [0.29, 0.717) is 6.04 Å². The van der Waals surface area contributed by atoms with E-state index >= 15 is 0 Å². The third-order valence-electron chi connectivity index (χ3n) is 3.59. The first-order valence-corrected chi connectivity index (χ1v) is 6.92. The lowest BCUT2D eigenvalue weighted by atomic mass is 10.0. The molecule has 0 spiro atoms. The molecule has 1 N–H and O–H groups in total. The van der Waals surface area contributed by atoms with Gasteiger partial charge in [-0.3, -0.25) is 4.98 Å². The lowest BCUT2D eigenvalue weighted by Gasteiger charge is -2.11. The molecule has 100 valence electrons. The van der Waals surface area contributed by atoms with Crippen LogP contribution in [0, 0.1) is 0 Å². The molecule has 0 bridgehead atoms. The van der Waals surface area contributed by atoms with E-state index in [1.165, 1.54) is 16.7 Å². The number of nitrogens with zero attached hydrogens (tertiary/aromatic N) is 1. The number of hydrogen-bond donors (Lipinski definition) is 1. The zero-order valence-electron chi connectivity index (χ0n) is 12.0. The Bertz CT molecular complexity index is 500. The zero-order valence-corrected chi connectivity index (χ0v) is 12.0. The summed E-state index contributed by atoms with van der Waals surface area (Å²) in [5, 5.41) is 3.25. The summed E-state index contributed by atoms with van der Waals surface area (Å²) < 4.78 is 0. The Morgan fingerprint density at radius 1 is 1.05 bits per heavy atom. The van der Waals surface area contributed by atoms with Crippen LogP contribution in [0.5, 0.6) is 0 Å². The van der Waals surface area contributed by atoms with Crippen molar-refractivity contribution >= 4 is 0 Å². The van der Waals surface area contributed by atoms with Crippen molar-refractivity contribution < 1.29 is 0 Å². The minimum Gasteiger partial charge on any atom is -0.313 e. The van der Waals surface area contributed by atoms with Gasteiger partial charge in [-0.25, -0.2) is 0 Å². The van der Waals surface area contributed by atoms with Crippen LogP contribution in [-0.2, 0) is 12.8 Å². The predicted octanol–water partition coefficient (Wildman–Crippen LogP) is 3.52. The molecule has 1 atom stereocenters. The number of benzene rings is 1. The molecule has 1 heterocycles. The van der Waals surface area contributed by atoms with Gasteiger partial charge in [-0.05, 0) is 43.1 Å². The topological polar surface area (TPSA) is 24.9 Å². The smallest absolute Gasteiger partial charge is 0.0447 e. The molecule has 0 fully saturated rings. The molecule has 19 heavy (non-hydrogen) atoms. The van der Waals surface area contributed by atoms with E-state index in [2.05, 4.69) is 60.5 Å². The van der Waals surface area contributed by atoms with Crippen LogP contribution in [0.2, 0.25) is 0 Å². The highest BCUT2D eigenvalue weighted by Crippen LogP contribution is 2.15. The molecular formula is C17H22N2. The second kappa shape index (κ2) is 6.48. The molecule has 0 amide bonds. The Morgan fingerprint density at radius 3 is 2.26 bits per heavy atom. The summed E-state index contributed by atoms with van der Waals surface area (Å²) in [6, 6.07) is 13.5. The Balaban J connectivity index is 2.06. The summed E-state index contributed by atoms with van der Waals surface area (Å²) in [5.41, 5.74) is 5.05. The van der Waals surface area contributed by atoms with E-state index in [0.717, 1.165) is 18.5 Å². The van der Waals surface area contributed by atoms with Crippen LogP contribution in [0.3, 0.4) is 0 Å². The molecule has 2 heteroatoms. The summed E-state index contributed by atoms with van der Waals surface area (Å²) in [6.07, 6.45) is 3.93. The maximum Gasteiger partial charge on any atom is 0.0447 e. The summed E-state index contributed by atoms with van der Waals surface area (Å²) in [7, 11) is 1.98. The van der Waals surface area contributed by atoms with Crippen LogP contribution < -0.4 is 5.32 Å². The van der Waals surface area contributed by atoms with Gasteiger partial charge in [0.05, 0.1) is 0 Å². The first kappa shape index (κ1) is 13.8. The van der Waals surface area contributed by atoms with Crippen molar-refractivity contribution in [1.29, 1.82) is 0 Å². The second-order valence-corrected chi connectivity index (χ2v) is 4.94. The van der Waals surface area contributed by atoms with E-state index in [9.17, 15) is 0 Å². The van der Waals surface area contributed by atoms with Gasteiger partial charge in [0.25, 0.3) is 0 Å². The summed E-state index contributed by atoms with van der Waals surface area (Å²) >= 11 is 0. The lowest BCUT2D eigenvalue weighted by Crippen LogP contribution is -2.12. The SMILES string of the molecule is CCc1ccc(Cc2ccc(C(C)NC)cc2)nc1. The molecule has 0 radical (unpaired) electrons. The molecule has 2 nitrogen and oxygen atoms in total. The number of aryl methyl sites for hydroxylation is 1. The van der Waals surface area contributed by atoms with Gasteiger partial charge in [0.1, 0.15) is 0 Å². The van der Waals surface area contributed by atoms with Crippen molar-refractivity contribution in [3.05, 3.63) is 65.0 Å². The number of hydrogen-bond acceptors (Lipinski definition) is 2. The van der Waals surface area contributed by atoms with E-state index in [1.54, 1.807) is 0 Å². The summed E-state index contributed by atoms with van der Waals surface area (Å²) in [5.74, 6) is 0. The van der Waals surface area contributed by atoms with Crippen LogP contribution in [0.1, 0.15) is 42.3 Å². The maximum atomic E-state index is 4.51. The van der Waals surface area contributed by atoms with Gasteiger partial charge in [-0.1, -0.05) is 37.3 Å². The van der Waals surface area contributed by atoms with Crippen LogP contribution in [-0.4, -0.2) is 12.0 Å². The quantitative estimate of drug-likeness (QED) is 0.883. The number of pyridine rings is 1. The molecule has 0 aliphatic heterocycles. The first-order valence-electron chi connectivity index (χ1n) is 6.92. The van der Waals surface area contributed by atoms with E-state index < -0.39 is 0 Å². The number of aromatic nitrogens is 1. The second-order valence-electron chi connectivity index (χ2n) is 4.94. The Hall–Kier alpha value is -1.67. The number of rotatable bonds is 5. The average molecular weight is 254 g/mol. The van der Waals surface area contributed by atoms with Gasteiger partial charge < -0.3 is 5.32 Å². The highest BCUT2D eigenvalue weighted by Gasteiger charge is 2.03. The third-order valence-corrected chi connectivity index (χ3v) is 3.59. The average Bonchev–Trinajstić information content (AvgIpc) is 2.48. The van der Waals surface area contributed by atoms with Crippen molar-refractivity contribution in [2.45, 2.75) is 32.7 Å². The fourth-order valence-electron chi connectivity index (χ4n) is 2.07. The first-order chi connectivity index (χ1) is 9.22. The van der Waals surface area contributed by atoms with Gasteiger partial charge in [-0.2, -0.15) is 0 Å². The van der Waals surface area contributed by atoms with Crippen LogP contribution in [0.25, 0.3) is 0 Å². The fourth-order valence-corrected chi connectivity index (χ4v) is 2.07. The molecular weight excluding hydrogens is 232 g/mol. The van der Waals surface area contributed by atoms with Gasteiger partial charge in [0, 0.05) is 24.4 Å². The Kier molecular flexibility index (Phi) is 4.69. The molecule has 0 aliphatic rings. The van der Waals surface area contributed by atoms with Gasteiger partial charge in [0.15, 0.2) is 0 Å². The minimum atomic E-state index is 0.399. The standard InChI is InChI=1S/C17H22N2/c1-4-14-7-10-17(19-12-14)11-15-5-8-16(9-6-15)13(2)18-3/h5-10,12-13,18H,4,11H2,1-3H3. The lowest BCUT2D eigenvalue weighted by molar-refractivity contribution is 0.652. The van der Waals surface area contributed by atoms with Gasteiger partial charge >= 0.3 is 0 Å². The molecule has 1 aromatic carbocycles. The van der Waals surface area contributed by atoms with Crippen molar-refractivity contribution in [2.75, 3.05) is 7.05 Å². The number of nitrogens with one attached hydrogen (secondary N) is 1. The monoisotopic (exact) mass is 254 g/mol. The Labute approximate surface area is 115 Å².